The van der Waals surface area contributed by atoms with E-state index in [1.807, 2.05) is 0 Å². The second-order valence-corrected chi connectivity index (χ2v) is 15.8. The zero-order chi connectivity index (χ0) is 38.0. The summed E-state index contributed by atoms with van der Waals surface area (Å²) in [6.07, 6.45) is 12.4. The van der Waals surface area contributed by atoms with Crippen LogP contribution in [0, 0.1) is 11.8 Å². The largest absolute Gasteiger partial charge is 0.310 e. The number of nitrogens with zero attached hydrogens (tertiary/aromatic N) is 2. The van der Waals surface area contributed by atoms with Gasteiger partial charge in [0.05, 0.1) is 0 Å². The van der Waals surface area contributed by atoms with Gasteiger partial charge in [-0.2, -0.15) is 0 Å². The second-order valence-electron chi connectivity index (χ2n) is 15.8. The molecule has 2 unspecified atom stereocenters. The van der Waals surface area contributed by atoms with Gasteiger partial charge in [-0.1, -0.05) is 164 Å². The Hall–Kier alpha value is -5.08. The third-order valence-electron chi connectivity index (χ3n) is 12.3. The maximum absolute atomic E-state index is 2.60. The molecule has 0 N–H and O–H groups in total. The quantitative estimate of drug-likeness (QED) is 0.0871. The fourth-order valence-electron chi connectivity index (χ4n) is 9.35. The first kappa shape index (κ1) is 38.2. The lowest BCUT2D eigenvalue weighted by atomic mass is 9.65. The molecular weight excluding hydrogens is 665 g/mol. The SMILES string of the molecule is CCCCC(CC)CC1(CC(CC)CCCC)c2cc(N(c3ccccc3)c3ccccc3)ccc2-c2ccc(N(c3ccccc3)c3ccccc3)cc21. The highest BCUT2D eigenvalue weighted by Gasteiger charge is 2.46. The van der Waals surface area contributed by atoms with E-state index >= 15 is 0 Å². The highest BCUT2D eigenvalue weighted by Crippen LogP contribution is 2.58. The molecule has 1 aliphatic carbocycles. The van der Waals surface area contributed by atoms with Gasteiger partial charge in [0.1, 0.15) is 0 Å². The maximum atomic E-state index is 2.60. The topological polar surface area (TPSA) is 6.48 Å². The van der Waals surface area contributed by atoms with Gasteiger partial charge in [-0.15, -0.1) is 0 Å². The Balaban J connectivity index is 1.47. The smallest absolute Gasteiger partial charge is 0.0465 e. The van der Waals surface area contributed by atoms with Crippen molar-refractivity contribution in [1.29, 1.82) is 0 Å². The summed E-state index contributed by atoms with van der Waals surface area (Å²) in [6, 6.07) is 58.5. The van der Waals surface area contributed by atoms with Gasteiger partial charge in [0.2, 0.25) is 0 Å². The highest BCUT2D eigenvalue weighted by atomic mass is 15.1. The molecule has 2 heteroatoms. The molecule has 6 aromatic rings. The zero-order valence-corrected chi connectivity index (χ0v) is 33.6. The lowest BCUT2D eigenvalue weighted by Crippen LogP contribution is -2.32. The van der Waals surface area contributed by atoms with Crippen molar-refractivity contribution in [3.63, 3.8) is 0 Å². The molecule has 1 aliphatic rings. The van der Waals surface area contributed by atoms with Gasteiger partial charge in [0.15, 0.2) is 0 Å². The van der Waals surface area contributed by atoms with Crippen LogP contribution in [0.5, 0.6) is 0 Å². The third-order valence-corrected chi connectivity index (χ3v) is 12.3. The Morgan fingerprint density at radius 1 is 0.400 bits per heavy atom. The van der Waals surface area contributed by atoms with Crippen LogP contribution in [0.1, 0.15) is 103 Å². The van der Waals surface area contributed by atoms with Crippen LogP contribution >= 0.6 is 0 Å². The van der Waals surface area contributed by atoms with Gasteiger partial charge >= 0.3 is 0 Å². The second kappa shape index (κ2) is 18.0. The van der Waals surface area contributed by atoms with Gasteiger partial charge in [0, 0.05) is 39.5 Å². The van der Waals surface area contributed by atoms with E-state index in [2.05, 4.69) is 195 Å². The Labute approximate surface area is 331 Å². The summed E-state index contributed by atoms with van der Waals surface area (Å²) in [6.45, 7) is 9.57. The van der Waals surface area contributed by atoms with Crippen LogP contribution < -0.4 is 9.80 Å². The molecule has 2 nitrogen and oxygen atoms in total. The third kappa shape index (κ3) is 8.15. The van der Waals surface area contributed by atoms with E-state index < -0.39 is 0 Å². The standard InChI is InChI=1S/C53H60N2/c1-5-9-23-41(7-3)39-53(40-42(8-4)24-10-6-2)51-37-47(54(43-25-15-11-16-26-43)44-27-17-12-18-28-44)33-35-49(51)50-36-34-48(38-52(50)53)55(45-29-19-13-20-30-45)46-31-21-14-22-32-46/h11-22,25-38,41-42H,5-10,23-24,39-40H2,1-4H3. The van der Waals surface area contributed by atoms with Crippen molar-refractivity contribution < 1.29 is 0 Å². The first-order valence-electron chi connectivity index (χ1n) is 21.2. The summed E-state index contributed by atoms with van der Waals surface area (Å²) in [5.74, 6) is 1.29. The van der Waals surface area contributed by atoms with Crippen LogP contribution in [0.25, 0.3) is 11.1 Å². The van der Waals surface area contributed by atoms with Crippen LogP contribution in [0.3, 0.4) is 0 Å². The van der Waals surface area contributed by atoms with E-state index in [9.17, 15) is 0 Å². The predicted octanol–water partition coefficient (Wildman–Crippen LogP) is 16.1. The first-order chi connectivity index (χ1) is 27.1. The molecule has 0 spiro atoms. The van der Waals surface area contributed by atoms with Crippen LogP contribution in [0.4, 0.5) is 34.1 Å². The minimum atomic E-state index is -0.113. The molecule has 6 aromatic carbocycles. The molecule has 0 aromatic heterocycles. The van der Waals surface area contributed by atoms with Gasteiger partial charge in [0.25, 0.3) is 0 Å². The molecule has 7 rings (SSSR count). The van der Waals surface area contributed by atoms with Gasteiger partial charge < -0.3 is 9.80 Å². The molecule has 0 aliphatic heterocycles. The predicted molar refractivity (Wildman–Crippen MR) is 238 cm³/mol. The minimum absolute atomic E-state index is 0.113. The van der Waals surface area contributed by atoms with Gasteiger partial charge in [-0.05, 0) is 120 Å². The van der Waals surface area contributed by atoms with E-state index in [1.54, 1.807) is 0 Å². The summed E-state index contributed by atoms with van der Waals surface area (Å²) in [5.41, 5.74) is 12.9. The lowest BCUT2D eigenvalue weighted by Gasteiger charge is -2.39. The normalized spacial score (nSPS) is 13.8. The number of hydrogen-bond acceptors (Lipinski definition) is 2. The molecule has 0 fully saturated rings. The molecule has 55 heavy (non-hydrogen) atoms. The molecule has 0 saturated heterocycles. The van der Waals surface area contributed by atoms with Gasteiger partial charge in [-0.25, -0.2) is 0 Å². The highest BCUT2D eigenvalue weighted by molar-refractivity contribution is 5.88. The lowest BCUT2D eigenvalue weighted by molar-refractivity contribution is 0.266. The van der Waals surface area contributed by atoms with Crippen LogP contribution in [-0.2, 0) is 5.41 Å². The summed E-state index contributed by atoms with van der Waals surface area (Å²) in [4.78, 5) is 4.91. The molecule has 0 heterocycles. The van der Waals surface area contributed by atoms with Crippen molar-refractivity contribution in [2.75, 3.05) is 9.80 Å². The molecule has 0 bridgehead atoms. The molecule has 2 atom stereocenters. The van der Waals surface area contributed by atoms with Crippen molar-refractivity contribution in [3.8, 4) is 11.1 Å². The van der Waals surface area contributed by atoms with Crippen molar-refractivity contribution >= 4 is 34.1 Å². The maximum Gasteiger partial charge on any atom is 0.0465 e. The van der Waals surface area contributed by atoms with E-state index in [0.717, 1.165) is 0 Å². The molecule has 282 valence electrons. The van der Waals surface area contributed by atoms with E-state index in [4.69, 9.17) is 0 Å². The van der Waals surface area contributed by atoms with Crippen LogP contribution in [0.15, 0.2) is 158 Å². The van der Waals surface area contributed by atoms with Crippen molar-refractivity contribution in [2.45, 2.75) is 97.3 Å². The van der Waals surface area contributed by atoms with E-state index in [-0.39, 0.29) is 5.41 Å². The fraction of sp³-hybridized carbons (Fsp3) is 0.321. The summed E-state index contributed by atoms with van der Waals surface area (Å²) in [5, 5.41) is 0. The number of unbranched alkanes of at least 4 members (excludes halogenated alkanes) is 2. The fourth-order valence-corrected chi connectivity index (χ4v) is 9.35. The average Bonchev–Trinajstić information content (AvgIpc) is 3.50. The average molecular weight is 725 g/mol. The molecule has 0 amide bonds. The van der Waals surface area contributed by atoms with Crippen LogP contribution in [-0.4, -0.2) is 0 Å². The molecular formula is C53H60N2. The Morgan fingerprint density at radius 3 is 1.02 bits per heavy atom. The first-order valence-corrected chi connectivity index (χ1v) is 21.2. The number of rotatable bonds is 18. The minimum Gasteiger partial charge on any atom is -0.310 e. The summed E-state index contributed by atoms with van der Waals surface area (Å²) >= 11 is 0. The Bertz CT molecular complexity index is 1840. The van der Waals surface area contributed by atoms with Gasteiger partial charge in [-0.3, -0.25) is 0 Å². The number of hydrogen-bond donors (Lipinski definition) is 0. The summed E-state index contributed by atoms with van der Waals surface area (Å²) < 4.78 is 0. The van der Waals surface area contributed by atoms with Crippen molar-refractivity contribution in [1.82, 2.24) is 0 Å². The summed E-state index contributed by atoms with van der Waals surface area (Å²) in [7, 11) is 0. The van der Waals surface area contributed by atoms with E-state index in [1.165, 1.54) is 121 Å². The number of anilines is 6. The van der Waals surface area contributed by atoms with E-state index in [0.29, 0.717) is 11.8 Å². The number of para-hydroxylation sites is 4. The Morgan fingerprint density at radius 2 is 0.727 bits per heavy atom. The molecule has 0 radical (unpaired) electrons. The number of benzene rings is 6. The zero-order valence-electron chi connectivity index (χ0n) is 33.6. The Kier molecular flexibility index (Phi) is 12.5. The monoisotopic (exact) mass is 724 g/mol. The van der Waals surface area contributed by atoms with Crippen LogP contribution in [0.2, 0.25) is 0 Å². The molecule has 0 saturated carbocycles. The number of fused-ring (bicyclic) bond motifs is 3. The van der Waals surface area contributed by atoms with Crippen molar-refractivity contribution in [3.05, 3.63) is 169 Å². The van der Waals surface area contributed by atoms with Crippen molar-refractivity contribution in [2.24, 2.45) is 11.8 Å².